The lowest BCUT2D eigenvalue weighted by atomic mass is 9.89. The van der Waals surface area contributed by atoms with Crippen LogP contribution in [0.4, 0.5) is 0 Å². The summed E-state index contributed by atoms with van der Waals surface area (Å²) in [5, 5.41) is 18.3. The standard InChI is InChI=1S/C12H7N5/c13-3-7-1-2-15-4-9-8-5-16-12(14)17-6-10(8)11(7)9/h1-2,4-6,14-15H. The largest absolute Gasteiger partial charge is 0.367 e. The van der Waals surface area contributed by atoms with Crippen LogP contribution in [0.3, 0.4) is 0 Å². The number of hydrogen-bond donors (Lipinski definition) is 2. The average Bonchev–Trinajstić information content (AvgIpc) is 2.58. The molecule has 3 rings (SSSR count). The second kappa shape index (κ2) is 3.39. The Morgan fingerprint density at radius 2 is 2.00 bits per heavy atom. The van der Waals surface area contributed by atoms with E-state index in [1.165, 1.54) is 0 Å². The van der Waals surface area contributed by atoms with Crippen LogP contribution in [0.25, 0.3) is 21.9 Å². The van der Waals surface area contributed by atoms with Gasteiger partial charge in [0.2, 0.25) is 5.62 Å². The maximum absolute atomic E-state index is 9.09. The lowest BCUT2D eigenvalue weighted by molar-refractivity contribution is 0.998. The van der Waals surface area contributed by atoms with Gasteiger partial charge >= 0.3 is 0 Å². The van der Waals surface area contributed by atoms with Crippen molar-refractivity contribution in [1.29, 1.82) is 10.7 Å². The van der Waals surface area contributed by atoms with Crippen molar-refractivity contribution in [2.24, 2.45) is 0 Å². The molecule has 1 aliphatic carbocycles. The topological polar surface area (TPSA) is 89.2 Å². The number of nitrogens with one attached hydrogen (secondary N) is 2. The fourth-order valence-electron chi connectivity index (χ4n) is 1.93. The molecule has 0 radical (unpaired) electrons. The molecule has 0 fully saturated rings. The van der Waals surface area contributed by atoms with Crippen molar-refractivity contribution < 1.29 is 0 Å². The van der Waals surface area contributed by atoms with Gasteiger partial charge in [-0.25, -0.2) is 9.97 Å². The van der Waals surface area contributed by atoms with Crippen LogP contribution in [-0.4, -0.2) is 15.0 Å². The number of rotatable bonds is 0. The van der Waals surface area contributed by atoms with Crippen LogP contribution >= 0.6 is 0 Å². The van der Waals surface area contributed by atoms with Gasteiger partial charge in [0.1, 0.15) is 0 Å². The van der Waals surface area contributed by atoms with E-state index in [2.05, 4.69) is 21.0 Å². The van der Waals surface area contributed by atoms with Gasteiger partial charge in [0.15, 0.2) is 0 Å². The van der Waals surface area contributed by atoms with Gasteiger partial charge in [-0.2, -0.15) is 5.26 Å². The summed E-state index contributed by atoms with van der Waals surface area (Å²) in [6, 6.07) is 3.88. The fourth-order valence-corrected chi connectivity index (χ4v) is 1.93. The highest BCUT2D eigenvalue weighted by atomic mass is 14.9. The fraction of sp³-hybridized carbons (Fsp3) is 0. The van der Waals surface area contributed by atoms with E-state index in [9.17, 15) is 0 Å². The van der Waals surface area contributed by atoms with E-state index >= 15 is 0 Å². The van der Waals surface area contributed by atoms with Crippen molar-refractivity contribution in [3.8, 4) is 17.2 Å². The third-order valence-corrected chi connectivity index (χ3v) is 2.71. The SMILES string of the molecule is N#Cc1cc[nH]cc2c3cnc(=N)ncc3c1-2. The second-order valence-corrected chi connectivity index (χ2v) is 3.63. The molecule has 0 unspecified atom stereocenters. The molecule has 0 bridgehead atoms. The predicted molar refractivity (Wildman–Crippen MR) is 61.1 cm³/mol. The molecule has 0 atom stereocenters. The molecule has 0 spiro atoms. The van der Waals surface area contributed by atoms with Crippen LogP contribution in [0.1, 0.15) is 5.56 Å². The molecular formula is C12H7N5. The van der Waals surface area contributed by atoms with E-state index in [0.717, 1.165) is 21.9 Å². The molecule has 0 saturated heterocycles. The molecule has 2 heterocycles. The van der Waals surface area contributed by atoms with Crippen molar-refractivity contribution in [3.05, 3.63) is 42.0 Å². The molecule has 2 N–H and O–H groups in total. The van der Waals surface area contributed by atoms with Crippen LogP contribution in [0.15, 0.2) is 30.9 Å². The van der Waals surface area contributed by atoms with Crippen molar-refractivity contribution in [2.75, 3.05) is 0 Å². The Morgan fingerprint density at radius 3 is 2.76 bits per heavy atom. The summed E-state index contributed by atoms with van der Waals surface area (Å²) in [6.07, 6.45) is 6.74. The zero-order valence-corrected chi connectivity index (χ0v) is 8.73. The maximum Gasteiger partial charge on any atom is 0.241 e. The van der Waals surface area contributed by atoms with Crippen LogP contribution in [0, 0.1) is 16.7 Å². The zero-order valence-electron chi connectivity index (χ0n) is 8.73. The van der Waals surface area contributed by atoms with Crippen LogP contribution in [0.2, 0.25) is 0 Å². The first-order valence-corrected chi connectivity index (χ1v) is 5.00. The summed E-state index contributed by atoms with van der Waals surface area (Å²) in [6.45, 7) is 0. The van der Waals surface area contributed by atoms with E-state index in [1.54, 1.807) is 24.7 Å². The summed E-state index contributed by atoms with van der Waals surface area (Å²) in [4.78, 5) is 10.7. The molecule has 17 heavy (non-hydrogen) atoms. The molecular weight excluding hydrogens is 214 g/mol. The summed E-state index contributed by atoms with van der Waals surface area (Å²) in [5.41, 5.74) is 2.37. The Kier molecular flexibility index (Phi) is 1.89. The van der Waals surface area contributed by atoms with Gasteiger partial charge in [-0.3, -0.25) is 5.41 Å². The molecule has 2 aliphatic rings. The Morgan fingerprint density at radius 1 is 1.24 bits per heavy atom. The highest BCUT2D eigenvalue weighted by molar-refractivity contribution is 6.14. The third kappa shape index (κ3) is 1.28. The first-order valence-electron chi connectivity index (χ1n) is 5.00. The molecule has 0 saturated carbocycles. The van der Waals surface area contributed by atoms with Gasteiger partial charge in [0, 0.05) is 46.7 Å². The summed E-state index contributed by atoms with van der Waals surface area (Å²) in [7, 11) is 0. The first-order chi connectivity index (χ1) is 8.31. The lowest BCUT2D eigenvalue weighted by Crippen LogP contribution is -2.03. The highest BCUT2D eigenvalue weighted by Crippen LogP contribution is 2.40. The van der Waals surface area contributed by atoms with Gasteiger partial charge < -0.3 is 4.98 Å². The Labute approximate surface area is 96.3 Å². The summed E-state index contributed by atoms with van der Waals surface area (Å²) < 4.78 is 0. The Hall–Kier alpha value is -2.74. The number of fused-ring (bicyclic) bond motifs is 4. The number of nitriles is 1. The van der Waals surface area contributed by atoms with E-state index in [0.29, 0.717) is 5.56 Å². The van der Waals surface area contributed by atoms with Gasteiger partial charge in [-0.15, -0.1) is 0 Å². The monoisotopic (exact) mass is 221 g/mol. The molecule has 0 aromatic carbocycles. The minimum atomic E-state index is -0.0304. The highest BCUT2D eigenvalue weighted by Gasteiger charge is 2.18. The summed E-state index contributed by atoms with van der Waals surface area (Å²) >= 11 is 0. The first kappa shape index (κ1) is 9.48. The molecule has 1 aromatic rings. The molecule has 80 valence electrons. The quantitative estimate of drug-likeness (QED) is 0.601. The summed E-state index contributed by atoms with van der Waals surface area (Å²) in [5.74, 6) is 0. The van der Waals surface area contributed by atoms with Crippen molar-refractivity contribution in [1.82, 2.24) is 15.0 Å². The van der Waals surface area contributed by atoms with Gasteiger partial charge in [0.25, 0.3) is 0 Å². The number of nitrogens with zero attached hydrogens (tertiary/aromatic N) is 3. The Balaban J connectivity index is 2.56. The van der Waals surface area contributed by atoms with E-state index < -0.39 is 0 Å². The molecule has 1 aliphatic heterocycles. The number of aromatic nitrogens is 3. The minimum absolute atomic E-state index is 0.0304. The van der Waals surface area contributed by atoms with Gasteiger partial charge in [0.05, 0.1) is 11.6 Å². The zero-order chi connectivity index (χ0) is 11.8. The number of H-pyrrole nitrogens is 1. The Bertz CT molecular complexity index is 781. The minimum Gasteiger partial charge on any atom is -0.367 e. The number of hydrogen-bond acceptors (Lipinski definition) is 4. The normalized spacial score (nSPS) is 10.5. The maximum atomic E-state index is 9.09. The van der Waals surface area contributed by atoms with Crippen molar-refractivity contribution in [2.45, 2.75) is 0 Å². The predicted octanol–water partition coefficient (Wildman–Crippen LogP) is 1.41. The van der Waals surface area contributed by atoms with Crippen LogP contribution < -0.4 is 5.62 Å². The van der Waals surface area contributed by atoms with Crippen LogP contribution in [0.5, 0.6) is 0 Å². The van der Waals surface area contributed by atoms with Gasteiger partial charge in [-0.05, 0) is 6.07 Å². The average molecular weight is 221 g/mol. The van der Waals surface area contributed by atoms with Crippen molar-refractivity contribution in [3.63, 3.8) is 0 Å². The smallest absolute Gasteiger partial charge is 0.241 e. The number of aromatic amines is 1. The molecule has 0 amide bonds. The molecule has 5 heteroatoms. The molecule has 5 nitrogen and oxygen atoms in total. The van der Waals surface area contributed by atoms with Gasteiger partial charge in [-0.1, -0.05) is 0 Å². The molecule has 1 aromatic heterocycles. The third-order valence-electron chi connectivity index (χ3n) is 2.71. The van der Waals surface area contributed by atoms with E-state index in [-0.39, 0.29) is 5.62 Å². The second-order valence-electron chi connectivity index (χ2n) is 3.63. The van der Waals surface area contributed by atoms with E-state index in [1.807, 2.05) is 6.20 Å². The van der Waals surface area contributed by atoms with Crippen LogP contribution in [-0.2, 0) is 0 Å². The lowest BCUT2D eigenvalue weighted by Gasteiger charge is -2.12. The van der Waals surface area contributed by atoms with Crippen molar-refractivity contribution >= 4 is 10.8 Å². The van der Waals surface area contributed by atoms with E-state index in [4.69, 9.17) is 10.7 Å².